The molecule has 1 aromatic rings. The normalized spacial score (nSPS) is 11.9. The monoisotopic (exact) mass is 270 g/mol. The highest BCUT2D eigenvalue weighted by Gasteiger charge is 2.16. The largest absolute Gasteiger partial charge is 0.326 e. The first-order valence-electron chi connectivity index (χ1n) is 5.58. The Hall–Kier alpha value is -1.40. The first-order chi connectivity index (χ1) is 8.25. The topological polar surface area (TPSA) is 66.5 Å². The summed E-state index contributed by atoms with van der Waals surface area (Å²) in [6.45, 7) is 3.58. The van der Waals surface area contributed by atoms with Crippen LogP contribution in [0, 0.1) is 5.92 Å². The highest BCUT2D eigenvalue weighted by Crippen LogP contribution is 2.16. The maximum Gasteiger partial charge on any atom is 0.242 e. The van der Waals surface area contributed by atoms with Gasteiger partial charge in [0.25, 0.3) is 0 Å². The van der Waals surface area contributed by atoms with Gasteiger partial charge in [-0.25, -0.2) is 12.7 Å². The molecule has 0 aliphatic heterocycles. The zero-order chi connectivity index (χ0) is 13.9. The van der Waals surface area contributed by atoms with Crippen LogP contribution in [0.4, 0.5) is 5.69 Å². The molecule has 0 bridgehead atoms. The Morgan fingerprint density at radius 1 is 1.17 bits per heavy atom. The molecular formula is C12H18N2O3S. The van der Waals surface area contributed by atoms with Crippen LogP contribution < -0.4 is 5.32 Å². The summed E-state index contributed by atoms with van der Waals surface area (Å²) in [6.07, 6.45) is 0. The molecular weight excluding hydrogens is 252 g/mol. The molecule has 5 nitrogen and oxygen atoms in total. The number of anilines is 1. The van der Waals surface area contributed by atoms with Crippen LogP contribution in [0.5, 0.6) is 0 Å². The highest BCUT2D eigenvalue weighted by atomic mass is 32.2. The van der Waals surface area contributed by atoms with E-state index in [4.69, 9.17) is 0 Å². The van der Waals surface area contributed by atoms with Crippen LogP contribution in [0.25, 0.3) is 0 Å². The minimum Gasteiger partial charge on any atom is -0.326 e. The molecule has 1 amide bonds. The number of hydrogen-bond donors (Lipinski definition) is 1. The van der Waals surface area contributed by atoms with Crippen LogP contribution in [0.3, 0.4) is 0 Å². The van der Waals surface area contributed by atoms with Crippen molar-refractivity contribution in [3.8, 4) is 0 Å². The van der Waals surface area contributed by atoms with Gasteiger partial charge in [-0.05, 0) is 24.3 Å². The number of amides is 1. The molecule has 0 saturated carbocycles. The molecule has 18 heavy (non-hydrogen) atoms. The molecule has 0 atom stereocenters. The maximum atomic E-state index is 11.8. The molecule has 1 N–H and O–H groups in total. The average Bonchev–Trinajstić information content (AvgIpc) is 2.29. The van der Waals surface area contributed by atoms with Crippen molar-refractivity contribution in [2.45, 2.75) is 18.7 Å². The third kappa shape index (κ3) is 3.30. The van der Waals surface area contributed by atoms with Gasteiger partial charge in [0.1, 0.15) is 0 Å². The minimum absolute atomic E-state index is 0.0989. The molecule has 1 aromatic carbocycles. The van der Waals surface area contributed by atoms with Gasteiger partial charge >= 0.3 is 0 Å². The Morgan fingerprint density at radius 3 is 2.06 bits per heavy atom. The fourth-order valence-corrected chi connectivity index (χ4v) is 2.11. The summed E-state index contributed by atoms with van der Waals surface area (Å²) in [5.74, 6) is -0.214. The Balaban J connectivity index is 2.91. The van der Waals surface area contributed by atoms with Gasteiger partial charge in [-0.2, -0.15) is 0 Å². The lowest BCUT2D eigenvalue weighted by Gasteiger charge is -2.12. The molecule has 0 aliphatic rings. The van der Waals surface area contributed by atoms with Crippen molar-refractivity contribution in [3.63, 3.8) is 0 Å². The van der Waals surface area contributed by atoms with Crippen molar-refractivity contribution in [1.82, 2.24) is 4.31 Å². The van der Waals surface area contributed by atoms with Crippen molar-refractivity contribution in [3.05, 3.63) is 24.3 Å². The van der Waals surface area contributed by atoms with E-state index in [-0.39, 0.29) is 16.7 Å². The predicted octanol–water partition coefficient (Wildman–Crippen LogP) is 1.53. The lowest BCUT2D eigenvalue weighted by Crippen LogP contribution is -2.22. The molecule has 0 unspecified atom stereocenters. The maximum absolute atomic E-state index is 11.8. The summed E-state index contributed by atoms with van der Waals surface area (Å²) in [5, 5.41) is 2.70. The van der Waals surface area contributed by atoms with Gasteiger partial charge in [-0.3, -0.25) is 4.79 Å². The number of nitrogens with one attached hydrogen (secondary N) is 1. The lowest BCUT2D eigenvalue weighted by atomic mass is 10.2. The van der Waals surface area contributed by atoms with Gasteiger partial charge in [0.05, 0.1) is 4.90 Å². The van der Waals surface area contributed by atoms with Gasteiger partial charge in [0.15, 0.2) is 0 Å². The van der Waals surface area contributed by atoms with Gasteiger partial charge < -0.3 is 5.32 Å². The van der Waals surface area contributed by atoms with E-state index in [0.717, 1.165) is 4.31 Å². The van der Waals surface area contributed by atoms with Crippen LogP contribution in [0.15, 0.2) is 29.2 Å². The number of carbonyl (C=O) groups excluding carboxylic acids is 1. The van der Waals surface area contributed by atoms with E-state index in [2.05, 4.69) is 5.32 Å². The molecule has 0 fully saturated rings. The van der Waals surface area contributed by atoms with Crippen LogP contribution >= 0.6 is 0 Å². The third-order valence-corrected chi connectivity index (χ3v) is 4.25. The minimum atomic E-state index is -3.42. The second-order valence-corrected chi connectivity index (χ2v) is 6.61. The Bertz CT molecular complexity index is 519. The van der Waals surface area contributed by atoms with E-state index in [1.807, 2.05) is 0 Å². The van der Waals surface area contributed by atoms with E-state index >= 15 is 0 Å². The molecule has 6 heteroatoms. The fourth-order valence-electron chi connectivity index (χ4n) is 1.21. The van der Waals surface area contributed by atoms with Gasteiger partial charge in [0, 0.05) is 25.7 Å². The quantitative estimate of drug-likeness (QED) is 0.902. The molecule has 0 radical (unpaired) electrons. The summed E-state index contributed by atoms with van der Waals surface area (Å²) in [5.41, 5.74) is 0.589. The first kappa shape index (κ1) is 14.7. The van der Waals surface area contributed by atoms with Crippen molar-refractivity contribution < 1.29 is 13.2 Å². The van der Waals surface area contributed by atoms with Crippen molar-refractivity contribution in [1.29, 1.82) is 0 Å². The second kappa shape index (κ2) is 5.49. The van der Waals surface area contributed by atoms with E-state index in [0.29, 0.717) is 5.69 Å². The molecule has 0 spiro atoms. The summed E-state index contributed by atoms with van der Waals surface area (Å²) in [7, 11) is -0.466. The Kier molecular flexibility index (Phi) is 4.48. The van der Waals surface area contributed by atoms with Gasteiger partial charge in [0.2, 0.25) is 15.9 Å². The van der Waals surface area contributed by atoms with E-state index < -0.39 is 10.0 Å². The number of rotatable bonds is 4. The number of carbonyl (C=O) groups is 1. The van der Waals surface area contributed by atoms with E-state index in [1.165, 1.54) is 26.2 Å². The molecule has 0 aromatic heterocycles. The smallest absolute Gasteiger partial charge is 0.242 e. The van der Waals surface area contributed by atoms with E-state index in [1.54, 1.807) is 26.0 Å². The Labute approximate surface area is 108 Å². The predicted molar refractivity (Wildman–Crippen MR) is 70.8 cm³/mol. The molecule has 100 valence electrons. The Morgan fingerprint density at radius 2 is 1.67 bits per heavy atom. The molecule has 0 heterocycles. The fraction of sp³-hybridized carbons (Fsp3) is 0.417. The SMILES string of the molecule is CC(C)C(=O)Nc1ccc(S(=O)(=O)N(C)C)cc1. The summed E-state index contributed by atoms with van der Waals surface area (Å²) in [4.78, 5) is 11.7. The first-order valence-corrected chi connectivity index (χ1v) is 7.02. The van der Waals surface area contributed by atoms with Gasteiger partial charge in [-0.1, -0.05) is 13.8 Å². The average molecular weight is 270 g/mol. The molecule has 1 rings (SSSR count). The van der Waals surface area contributed by atoms with Crippen LogP contribution in [0.1, 0.15) is 13.8 Å². The van der Waals surface area contributed by atoms with Crippen molar-refractivity contribution in [2.24, 2.45) is 5.92 Å². The van der Waals surface area contributed by atoms with Crippen LogP contribution in [-0.4, -0.2) is 32.7 Å². The summed E-state index contributed by atoms with van der Waals surface area (Å²) < 4.78 is 24.8. The summed E-state index contributed by atoms with van der Waals surface area (Å²) in [6, 6.07) is 6.11. The zero-order valence-electron chi connectivity index (χ0n) is 11.0. The molecule has 0 saturated heterocycles. The van der Waals surface area contributed by atoms with Crippen molar-refractivity contribution in [2.75, 3.05) is 19.4 Å². The molecule has 0 aliphatic carbocycles. The number of hydrogen-bond acceptors (Lipinski definition) is 3. The summed E-state index contributed by atoms with van der Waals surface area (Å²) >= 11 is 0. The second-order valence-electron chi connectivity index (χ2n) is 4.46. The highest BCUT2D eigenvalue weighted by molar-refractivity contribution is 7.89. The van der Waals surface area contributed by atoms with Gasteiger partial charge in [-0.15, -0.1) is 0 Å². The standard InChI is InChI=1S/C12H18N2O3S/c1-9(2)12(15)13-10-5-7-11(8-6-10)18(16,17)14(3)4/h5-9H,1-4H3,(H,13,15). The number of nitrogens with zero attached hydrogens (tertiary/aromatic N) is 1. The van der Waals surface area contributed by atoms with Crippen LogP contribution in [-0.2, 0) is 14.8 Å². The number of sulfonamides is 1. The number of benzene rings is 1. The third-order valence-electron chi connectivity index (χ3n) is 2.42. The van der Waals surface area contributed by atoms with Crippen molar-refractivity contribution >= 4 is 21.6 Å². The zero-order valence-corrected chi connectivity index (χ0v) is 11.8. The lowest BCUT2D eigenvalue weighted by molar-refractivity contribution is -0.118. The van der Waals surface area contributed by atoms with E-state index in [9.17, 15) is 13.2 Å². The van der Waals surface area contributed by atoms with Crippen LogP contribution in [0.2, 0.25) is 0 Å².